The van der Waals surface area contributed by atoms with E-state index in [0.717, 1.165) is 12.1 Å². The van der Waals surface area contributed by atoms with Crippen molar-refractivity contribution < 1.29 is 19.1 Å². The fraction of sp³-hybridized carbons (Fsp3) is 0.318. The van der Waals surface area contributed by atoms with Crippen LogP contribution in [0.3, 0.4) is 0 Å². The molecule has 0 aromatic heterocycles. The highest BCUT2D eigenvalue weighted by atomic mass is 16.5. The Morgan fingerprint density at radius 1 is 1.14 bits per heavy atom. The number of amides is 2. The maximum atomic E-state index is 12.5. The molecule has 2 amide bonds. The minimum absolute atomic E-state index is 0.0847. The van der Waals surface area contributed by atoms with Gasteiger partial charge in [-0.05, 0) is 43.2 Å². The second-order valence-electron chi connectivity index (χ2n) is 6.86. The molecule has 28 heavy (non-hydrogen) atoms. The number of nitrogens with zero attached hydrogens (tertiary/aromatic N) is 1. The van der Waals surface area contributed by atoms with Gasteiger partial charge in [0, 0.05) is 24.3 Å². The Hall–Kier alpha value is -3.15. The molecule has 2 aromatic rings. The maximum absolute atomic E-state index is 12.5. The Bertz CT molecular complexity index is 849. The molecule has 1 aliphatic heterocycles. The second kappa shape index (κ2) is 8.69. The van der Waals surface area contributed by atoms with Crippen LogP contribution in [0.15, 0.2) is 54.6 Å². The molecule has 0 spiro atoms. The van der Waals surface area contributed by atoms with E-state index < -0.39 is 23.9 Å². The van der Waals surface area contributed by atoms with Gasteiger partial charge in [-0.3, -0.25) is 14.4 Å². The van der Waals surface area contributed by atoms with Crippen molar-refractivity contribution in [3.63, 3.8) is 0 Å². The first-order valence-electron chi connectivity index (χ1n) is 9.43. The molecule has 0 aliphatic carbocycles. The SMILES string of the molecule is CCc1ccc(N2C[C@H](C(=O)O[C@H](C)C(=O)Nc3ccccc3)CC2=O)cc1. The molecule has 146 valence electrons. The van der Waals surface area contributed by atoms with Crippen LogP contribution >= 0.6 is 0 Å². The van der Waals surface area contributed by atoms with Crippen LogP contribution in [0.4, 0.5) is 11.4 Å². The minimum atomic E-state index is -0.944. The van der Waals surface area contributed by atoms with Gasteiger partial charge < -0.3 is 15.0 Å². The molecule has 1 saturated heterocycles. The minimum Gasteiger partial charge on any atom is -0.452 e. The van der Waals surface area contributed by atoms with E-state index in [1.165, 1.54) is 12.5 Å². The molecule has 3 rings (SSSR count). The summed E-state index contributed by atoms with van der Waals surface area (Å²) in [5.41, 5.74) is 2.59. The molecule has 1 N–H and O–H groups in total. The van der Waals surface area contributed by atoms with Crippen molar-refractivity contribution in [2.45, 2.75) is 32.8 Å². The predicted molar refractivity (Wildman–Crippen MR) is 107 cm³/mol. The summed E-state index contributed by atoms with van der Waals surface area (Å²) in [6.45, 7) is 3.85. The average molecular weight is 380 g/mol. The first-order valence-corrected chi connectivity index (χ1v) is 9.43. The van der Waals surface area contributed by atoms with Gasteiger partial charge in [0.1, 0.15) is 0 Å². The van der Waals surface area contributed by atoms with Gasteiger partial charge in [-0.1, -0.05) is 37.3 Å². The topological polar surface area (TPSA) is 75.7 Å². The molecule has 6 nitrogen and oxygen atoms in total. The molecule has 0 radical (unpaired) electrons. The number of hydrogen-bond donors (Lipinski definition) is 1. The fourth-order valence-electron chi connectivity index (χ4n) is 3.12. The third-order valence-electron chi connectivity index (χ3n) is 4.82. The highest BCUT2D eigenvalue weighted by Gasteiger charge is 2.37. The smallest absolute Gasteiger partial charge is 0.312 e. The third-order valence-corrected chi connectivity index (χ3v) is 4.82. The number of anilines is 2. The van der Waals surface area contributed by atoms with E-state index in [9.17, 15) is 14.4 Å². The quantitative estimate of drug-likeness (QED) is 0.781. The van der Waals surface area contributed by atoms with Crippen LogP contribution < -0.4 is 10.2 Å². The number of nitrogens with one attached hydrogen (secondary N) is 1. The van der Waals surface area contributed by atoms with Gasteiger partial charge >= 0.3 is 5.97 Å². The number of ether oxygens (including phenoxy) is 1. The van der Waals surface area contributed by atoms with Gasteiger partial charge in [-0.2, -0.15) is 0 Å². The molecular formula is C22H24N2O4. The summed E-state index contributed by atoms with van der Waals surface area (Å²) in [5.74, 6) is -1.63. The summed E-state index contributed by atoms with van der Waals surface area (Å²) in [5, 5.41) is 2.70. The van der Waals surface area contributed by atoms with Crippen molar-refractivity contribution in [1.29, 1.82) is 0 Å². The number of carbonyl (C=O) groups is 3. The fourth-order valence-corrected chi connectivity index (χ4v) is 3.12. The van der Waals surface area contributed by atoms with E-state index in [1.54, 1.807) is 29.2 Å². The van der Waals surface area contributed by atoms with Crippen LogP contribution in [0, 0.1) is 5.92 Å². The molecule has 0 bridgehead atoms. The van der Waals surface area contributed by atoms with Crippen molar-refractivity contribution in [3.05, 3.63) is 60.2 Å². The first kappa shape index (κ1) is 19.6. The van der Waals surface area contributed by atoms with Crippen molar-refractivity contribution >= 4 is 29.2 Å². The van der Waals surface area contributed by atoms with Gasteiger partial charge in [0.25, 0.3) is 5.91 Å². The molecule has 0 saturated carbocycles. The summed E-state index contributed by atoms with van der Waals surface area (Å²) >= 11 is 0. The Morgan fingerprint density at radius 2 is 1.82 bits per heavy atom. The van der Waals surface area contributed by atoms with Crippen LogP contribution in [0.2, 0.25) is 0 Å². The van der Waals surface area contributed by atoms with Crippen LogP contribution in [0.25, 0.3) is 0 Å². The number of aryl methyl sites for hydroxylation is 1. The van der Waals surface area contributed by atoms with E-state index in [0.29, 0.717) is 5.69 Å². The number of hydrogen-bond acceptors (Lipinski definition) is 4. The Morgan fingerprint density at radius 3 is 2.46 bits per heavy atom. The molecule has 2 aromatic carbocycles. The van der Waals surface area contributed by atoms with Crippen molar-refractivity contribution in [1.82, 2.24) is 0 Å². The monoisotopic (exact) mass is 380 g/mol. The number of para-hydroxylation sites is 1. The molecular weight excluding hydrogens is 356 g/mol. The van der Waals surface area contributed by atoms with Gasteiger partial charge in [-0.25, -0.2) is 0 Å². The van der Waals surface area contributed by atoms with E-state index in [4.69, 9.17) is 4.74 Å². The Balaban J connectivity index is 1.57. The number of esters is 1. The van der Waals surface area contributed by atoms with E-state index in [-0.39, 0.29) is 18.9 Å². The number of rotatable bonds is 6. The standard InChI is InChI=1S/C22H24N2O4/c1-3-16-9-11-19(12-10-16)24-14-17(13-20(24)25)22(27)28-15(2)21(26)23-18-7-5-4-6-8-18/h4-12,15,17H,3,13-14H2,1-2H3,(H,23,26)/t15-,17-/m1/s1. The number of benzene rings is 2. The lowest BCUT2D eigenvalue weighted by Crippen LogP contribution is -2.33. The molecule has 1 fully saturated rings. The third kappa shape index (κ3) is 4.57. The zero-order valence-corrected chi connectivity index (χ0v) is 16.1. The zero-order valence-electron chi connectivity index (χ0n) is 16.1. The van der Waals surface area contributed by atoms with Gasteiger partial charge in [0.2, 0.25) is 5.91 Å². The van der Waals surface area contributed by atoms with Gasteiger partial charge in [0.15, 0.2) is 6.10 Å². The summed E-state index contributed by atoms with van der Waals surface area (Å²) in [6.07, 6.45) is 0.0636. The van der Waals surface area contributed by atoms with Crippen molar-refractivity contribution in [2.75, 3.05) is 16.8 Å². The lowest BCUT2D eigenvalue weighted by Gasteiger charge is -2.18. The molecule has 1 aliphatic rings. The summed E-state index contributed by atoms with van der Waals surface area (Å²) in [6, 6.07) is 16.7. The zero-order chi connectivity index (χ0) is 20.1. The highest BCUT2D eigenvalue weighted by molar-refractivity contribution is 6.00. The molecule has 0 unspecified atom stereocenters. The van der Waals surface area contributed by atoms with Crippen molar-refractivity contribution in [3.8, 4) is 0 Å². The molecule has 1 heterocycles. The van der Waals surface area contributed by atoms with Crippen LogP contribution in [0.5, 0.6) is 0 Å². The van der Waals surface area contributed by atoms with Crippen LogP contribution in [-0.2, 0) is 25.5 Å². The van der Waals surface area contributed by atoms with Gasteiger partial charge in [-0.15, -0.1) is 0 Å². The predicted octanol–water partition coefficient (Wildman–Crippen LogP) is 3.17. The van der Waals surface area contributed by atoms with E-state index in [1.807, 2.05) is 30.3 Å². The van der Waals surface area contributed by atoms with Gasteiger partial charge in [0.05, 0.1) is 5.92 Å². The number of carbonyl (C=O) groups excluding carboxylic acids is 3. The van der Waals surface area contributed by atoms with E-state index >= 15 is 0 Å². The van der Waals surface area contributed by atoms with Crippen molar-refractivity contribution in [2.24, 2.45) is 5.92 Å². The van der Waals surface area contributed by atoms with E-state index in [2.05, 4.69) is 12.2 Å². The maximum Gasteiger partial charge on any atom is 0.312 e. The summed E-state index contributed by atoms with van der Waals surface area (Å²) in [7, 11) is 0. The molecule has 6 heteroatoms. The summed E-state index contributed by atoms with van der Waals surface area (Å²) < 4.78 is 5.31. The Labute approximate surface area is 164 Å². The largest absolute Gasteiger partial charge is 0.452 e. The lowest BCUT2D eigenvalue weighted by molar-refractivity contribution is -0.157. The summed E-state index contributed by atoms with van der Waals surface area (Å²) in [4.78, 5) is 38.6. The average Bonchev–Trinajstić information content (AvgIpc) is 3.10. The van der Waals surface area contributed by atoms with Crippen LogP contribution in [-0.4, -0.2) is 30.4 Å². The second-order valence-corrected chi connectivity index (χ2v) is 6.86. The van der Waals surface area contributed by atoms with Crippen LogP contribution in [0.1, 0.15) is 25.8 Å². The highest BCUT2D eigenvalue weighted by Crippen LogP contribution is 2.26. The molecule has 2 atom stereocenters. The lowest BCUT2D eigenvalue weighted by atomic mass is 10.1. The normalized spacial score (nSPS) is 17.3. The first-order chi connectivity index (χ1) is 13.5. The Kier molecular flexibility index (Phi) is 6.09.